The number of benzene rings is 2. The van der Waals surface area contributed by atoms with Gasteiger partial charge in [-0.25, -0.2) is 13.4 Å². The summed E-state index contributed by atoms with van der Waals surface area (Å²) in [5.74, 6) is -0.230. The van der Waals surface area contributed by atoms with Crippen molar-refractivity contribution in [1.29, 1.82) is 0 Å². The fraction of sp³-hybridized carbons (Fsp3) is 0.261. The molecule has 0 saturated carbocycles. The Hall–Kier alpha value is -3.28. The highest BCUT2D eigenvalue weighted by atomic mass is 32.2. The zero-order chi connectivity index (χ0) is 23.7. The van der Waals surface area contributed by atoms with E-state index in [0.717, 1.165) is 5.56 Å². The van der Waals surface area contributed by atoms with Crippen LogP contribution >= 0.6 is 11.3 Å². The molecule has 1 unspecified atom stereocenters. The second-order valence-electron chi connectivity index (χ2n) is 8.05. The fourth-order valence-electron chi connectivity index (χ4n) is 4.13. The van der Waals surface area contributed by atoms with Gasteiger partial charge in [0.1, 0.15) is 0 Å². The summed E-state index contributed by atoms with van der Waals surface area (Å²) in [5, 5.41) is 1.95. The predicted octanol–water partition coefficient (Wildman–Crippen LogP) is 2.44. The molecule has 5 rings (SSSR count). The highest BCUT2D eigenvalue weighted by Crippen LogP contribution is 2.24. The number of ether oxygens (including phenoxy) is 1. The number of morpholine rings is 1. The van der Waals surface area contributed by atoms with Crippen molar-refractivity contribution in [2.75, 3.05) is 31.0 Å². The summed E-state index contributed by atoms with van der Waals surface area (Å²) in [6.07, 6.45) is 1.22. The molecule has 1 N–H and O–H groups in total. The first kappa shape index (κ1) is 22.5. The van der Waals surface area contributed by atoms with Crippen LogP contribution in [0.1, 0.15) is 26.3 Å². The molecule has 9 nitrogen and oxygen atoms in total. The molecule has 3 heterocycles. The van der Waals surface area contributed by atoms with Gasteiger partial charge in [-0.1, -0.05) is 18.2 Å². The van der Waals surface area contributed by atoms with Crippen molar-refractivity contribution in [3.8, 4) is 0 Å². The average Bonchev–Trinajstić information content (AvgIpc) is 3.46. The first-order valence-corrected chi connectivity index (χ1v) is 13.1. The smallest absolute Gasteiger partial charge is 0.263 e. The van der Waals surface area contributed by atoms with E-state index in [0.29, 0.717) is 43.9 Å². The standard InChI is InChI=1S/C23H22N4O5S2/c28-21(16-5-7-19(8-6-16)34(30,31)25-23-24-9-12-33-23)26-10-11-32-18(14-26)15-27-13-17-3-1-2-4-20(17)22(27)29/h1-9,12,18H,10-11,13-15H2,(H,24,25). The molecule has 0 bridgehead atoms. The number of anilines is 1. The number of rotatable bonds is 6. The number of carbonyl (C=O) groups is 2. The van der Waals surface area contributed by atoms with E-state index in [-0.39, 0.29) is 27.9 Å². The van der Waals surface area contributed by atoms with Crippen LogP contribution in [0.4, 0.5) is 5.13 Å². The van der Waals surface area contributed by atoms with E-state index >= 15 is 0 Å². The molecule has 1 fully saturated rings. The topological polar surface area (TPSA) is 109 Å². The maximum absolute atomic E-state index is 13.1. The number of nitrogens with zero attached hydrogens (tertiary/aromatic N) is 3. The molecule has 2 aliphatic heterocycles. The lowest BCUT2D eigenvalue weighted by atomic mass is 10.1. The van der Waals surface area contributed by atoms with Gasteiger partial charge in [-0.15, -0.1) is 11.3 Å². The van der Waals surface area contributed by atoms with E-state index < -0.39 is 10.0 Å². The minimum absolute atomic E-state index is 0.0224. The Morgan fingerprint density at radius 1 is 1.18 bits per heavy atom. The molecule has 2 aliphatic rings. The summed E-state index contributed by atoms with van der Waals surface area (Å²) in [6.45, 7) is 2.08. The molecule has 0 aliphatic carbocycles. The molecule has 0 radical (unpaired) electrons. The number of carbonyl (C=O) groups excluding carboxylic acids is 2. The minimum atomic E-state index is -3.79. The summed E-state index contributed by atoms with van der Waals surface area (Å²) < 4.78 is 33.3. The molecular weight excluding hydrogens is 476 g/mol. The van der Waals surface area contributed by atoms with Gasteiger partial charge < -0.3 is 14.5 Å². The quantitative estimate of drug-likeness (QED) is 0.559. The van der Waals surface area contributed by atoms with Crippen molar-refractivity contribution in [2.24, 2.45) is 0 Å². The van der Waals surface area contributed by atoms with Crippen molar-refractivity contribution in [3.05, 3.63) is 76.8 Å². The third-order valence-electron chi connectivity index (χ3n) is 5.81. The lowest BCUT2D eigenvalue weighted by Crippen LogP contribution is -2.49. The normalized spacial score (nSPS) is 18.1. The fourth-order valence-corrected chi connectivity index (χ4v) is 5.92. The molecule has 0 spiro atoms. The van der Waals surface area contributed by atoms with Crippen LogP contribution in [-0.2, 0) is 21.3 Å². The van der Waals surface area contributed by atoms with E-state index in [1.165, 1.54) is 41.8 Å². The Kier molecular flexibility index (Phi) is 6.07. The highest BCUT2D eigenvalue weighted by molar-refractivity contribution is 7.93. The molecule has 1 aromatic heterocycles. The van der Waals surface area contributed by atoms with E-state index in [9.17, 15) is 18.0 Å². The summed E-state index contributed by atoms with van der Waals surface area (Å²) >= 11 is 1.18. The molecule has 1 saturated heterocycles. The number of hydrogen-bond donors (Lipinski definition) is 1. The molecule has 2 amide bonds. The SMILES string of the molecule is O=C(c1ccc(S(=O)(=O)Nc2nccs2)cc1)N1CCOC(CN2Cc3ccccc3C2=O)C1. The molecular formula is C23H22N4O5S2. The number of fused-ring (bicyclic) bond motifs is 1. The lowest BCUT2D eigenvalue weighted by molar-refractivity contribution is -0.0330. The van der Waals surface area contributed by atoms with Gasteiger partial charge in [-0.2, -0.15) is 0 Å². The van der Waals surface area contributed by atoms with Crippen LogP contribution in [0.15, 0.2) is 65.0 Å². The van der Waals surface area contributed by atoms with Gasteiger partial charge in [0, 0.05) is 48.9 Å². The number of nitrogens with one attached hydrogen (secondary N) is 1. The summed E-state index contributed by atoms with van der Waals surface area (Å²) in [7, 11) is -3.79. The van der Waals surface area contributed by atoms with Gasteiger partial charge in [-0.05, 0) is 35.9 Å². The van der Waals surface area contributed by atoms with E-state index in [1.807, 2.05) is 24.3 Å². The number of thiazole rings is 1. The zero-order valence-corrected chi connectivity index (χ0v) is 19.7. The first-order valence-electron chi connectivity index (χ1n) is 10.7. The van der Waals surface area contributed by atoms with E-state index in [2.05, 4.69) is 9.71 Å². The van der Waals surface area contributed by atoms with Gasteiger partial charge in [0.2, 0.25) is 0 Å². The number of aromatic nitrogens is 1. The Bertz CT molecular complexity index is 1310. The molecule has 11 heteroatoms. The summed E-state index contributed by atoms with van der Waals surface area (Å²) in [6, 6.07) is 13.4. The van der Waals surface area contributed by atoms with Crippen molar-refractivity contribution in [1.82, 2.24) is 14.8 Å². The second kappa shape index (κ2) is 9.16. The summed E-state index contributed by atoms with van der Waals surface area (Å²) in [4.78, 5) is 33.1. The molecule has 2 aromatic carbocycles. The van der Waals surface area contributed by atoms with Crippen LogP contribution in [0.25, 0.3) is 0 Å². The van der Waals surface area contributed by atoms with Crippen molar-refractivity contribution in [3.63, 3.8) is 0 Å². The van der Waals surface area contributed by atoms with Crippen LogP contribution in [-0.4, -0.2) is 67.4 Å². The molecule has 1 atom stereocenters. The summed E-state index contributed by atoms with van der Waals surface area (Å²) in [5.41, 5.74) is 2.10. The second-order valence-corrected chi connectivity index (χ2v) is 10.6. The van der Waals surface area contributed by atoms with Crippen LogP contribution in [0.2, 0.25) is 0 Å². The lowest BCUT2D eigenvalue weighted by Gasteiger charge is -2.34. The Morgan fingerprint density at radius 3 is 2.71 bits per heavy atom. The third kappa shape index (κ3) is 4.54. The van der Waals surface area contributed by atoms with Crippen molar-refractivity contribution in [2.45, 2.75) is 17.5 Å². The van der Waals surface area contributed by atoms with E-state index in [1.54, 1.807) is 15.2 Å². The van der Waals surface area contributed by atoms with Crippen LogP contribution in [0.3, 0.4) is 0 Å². The van der Waals surface area contributed by atoms with Crippen LogP contribution in [0, 0.1) is 0 Å². The van der Waals surface area contributed by atoms with Gasteiger partial charge in [0.15, 0.2) is 5.13 Å². The Balaban J connectivity index is 1.22. The maximum Gasteiger partial charge on any atom is 0.263 e. The third-order valence-corrected chi connectivity index (χ3v) is 7.98. The van der Waals surface area contributed by atoms with Gasteiger partial charge in [0.05, 0.1) is 17.6 Å². The number of amides is 2. The molecule has 176 valence electrons. The maximum atomic E-state index is 13.1. The van der Waals surface area contributed by atoms with Crippen molar-refractivity contribution < 1.29 is 22.7 Å². The Morgan fingerprint density at radius 2 is 1.97 bits per heavy atom. The van der Waals surface area contributed by atoms with Gasteiger partial charge in [0.25, 0.3) is 21.8 Å². The Labute approximate surface area is 201 Å². The molecule has 34 heavy (non-hydrogen) atoms. The average molecular weight is 499 g/mol. The van der Waals surface area contributed by atoms with E-state index in [4.69, 9.17) is 4.74 Å². The number of sulfonamides is 1. The van der Waals surface area contributed by atoms with Crippen molar-refractivity contribution >= 4 is 38.3 Å². The molecule has 3 aromatic rings. The minimum Gasteiger partial charge on any atom is -0.373 e. The number of hydrogen-bond acceptors (Lipinski definition) is 7. The van der Waals surface area contributed by atoms with Crippen LogP contribution < -0.4 is 4.72 Å². The van der Waals surface area contributed by atoms with Gasteiger partial charge in [-0.3, -0.25) is 14.3 Å². The monoisotopic (exact) mass is 498 g/mol. The largest absolute Gasteiger partial charge is 0.373 e. The predicted molar refractivity (Wildman–Crippen MR) is 126 cm³/mol. The highest BCUT2D eigenvalue weighted by Gasteiger charge is 2.32. The zero-order valence-electron chi connectivity index (χ0n) is 18.1. The van der Waals surface area contributed by atoms with Crippen LogP contribution in [0.5, 0.6) is 0 Å². The first-order chi connectivity index (χ1) is 16.4. The van der Waals surface area contributed by atoms with Gasteiger partial charge >= 0.3 is 0 Å².